The lowest BCUT2D eigenvalue weighted by atomic mass is 10.1. The average molecular weight is 505 g/mol. The number of halogens is 4. The predicted molar refractivity (Wildman–Crippen MR) is 124 cm³/mol. The Morgan fingerprint density at radius 3 is 2.68 bits per heavy atom. The minimum atomic E-state index is -4.76. The number of carbonyl (C=O) groups is 1. The van der Waals surface area contributed by atoms with Crippen molar-refractivity contribution in [2.45, 2.75) is 12.7 Å². The van der Waals surface area contributed by atoms with Crippen molar-refractivity contribution in [3.05, 3.63) is 95.5 Å². The number of nitriles is 1. The van der Waals surface area contributed by atoms with Crippen molar-refractivity contribution in [3.8, 4) is 22.9 Å². The Hall–Kier alpha value is -5.05. The lowest BCUT2D eigenvalue weighted by molar-refractivity contribution is -0.138. The van der Waals surface area contributed by atoms with E-state index in [1.807, 2.05) is 0 Å². The molecule has 0 aliphatic carbocycles. The second-order valence-corrected chi connectivity index (χ2v) is 8.03. The molecule has 5 rings (SSSR count). The molecule has 1 amide bonds. The lowest BCUT2D eigenvalue weighted by Crippen LogP contribution is -2.23. The molecule has 0 unspecified atom stereocenters. The fraction of sp³-hybridized carbons (Fsp3) is 0.0800. The van der Waals surface area contributed by atoms with Crippen LogP contribution in [0.4, 0.5) is 17.6 Å². The Morgan fingerprint density at radius 1 is 1.08 bits per heavy atom. The molecular formula is C25H15F4N7O. The minimum Gasteiger partial charge on any atom is -0.348 e. The van der Waals surface area contributed by atoms with E-state index >= 15 is 0 Å². The third-order valence-corrected chi connectivity index (χ3v) is 5.66. The Labute approximate surface area is 206 Å². The van der Waals surface area contributed by atoms with Gasteiger partial charge in [-0.25, -0.2) is 14.1 Å². The summed E-state index contributed by atoms with van der Waals surface area (Å²) in [5.41, 5.74) is 0.401. The SMILES string of the molecule is N#Cc1ncc(-n2cc(-c3ccc(CNC(=O)c4ccc5[nH]ncc5c4)c(F)c3)cn2)cc1C(F)(F)F. The first-order valence-electron chi connectivity index (χ1n) is 10.8. The fourth-order valence-corrected chi connectivity index (χ4v) is 3.73. The summed E-state index contributed by atoms with van der Waals surface area (Å²) < 4.78 is 55.7. The van der Waals surface area contributed by atoms with E-state index in [1.54, 1.807) is 30.5 Å². The highest BCUT2D eigenvalue weighted by atomic mass is 19.4. The number of pyridine rings is 1. The smallest absolute Gasteiger partial charge is 0.348 e. The maximum Gasteiger partial charge on any atom is 0.419 e. The third-order valence-electron chi connectivity index (χ3n) is 5.66. The fourth-order valence-electron chi connectivity index (χ4n) is 3.73. The Kier molecular flexibility index (Phi) is 5.88. The van der Waals surface area contributed by atoms with Gasteiger partial charge in [0.15, 0.2) is 5.69 Å². The van der Waals surface area contributed by atoms with E-state index in [9.17, 15) is 22.4 Å². The van der Waals surface area contributed by atoms with Gasteiger partial charge in [0.05, 0.1) is 35.4 Å². The molecule has 0 saturated carbocycles. The van der Waals surface area contributed by atoms with Gasteiger partial charge in [-0.15, -0.1) is 0 Å². The van der Waals surface area contributed by atoms with Crippen LogP contribution in [0.5, 0.6) is 0 Å². The lowest BCUT2D eigenvalue weighted by Gasteiger charge is -2.10. The number of nitrogens with zero attached hydrogens (tertiary/aromatic N) is 5. The van der Waals surface area contributed by atoms with Crippen LogP contribution in [0.25, 0.3) is 27.7 Å². The number of aromatic nitrogens is 5. The summed E-state index contributed by atoms with van der Waals surface area (Å²) in [6, 6.07) is 11.6. The molecule has 0 bridgehead atoms. The number of hydrogen-bond acceptors (Lipinski definition) is 5. The molecule has 184 valence electrons. The minimum absolute atomic E-state index is 0.00834. The van der Waals surface area contributed by atoms with Crippen molar-refractivity contribution in [2.24, 2.45) is 0 Å². The number of aromatic amines is 1. The zero-order valence-electron chi connectivity index (χ0n) is 18.7. The van der Waals surface area contributed by atoms with Crippen molar-refractivity contribution in [2.75, 3.05) is 0 Å². The number of amides is 1. The molecular weight excluding hydrogens is 490 g/mol. The van der Waals surface area contributed by atoms with Gasteiger partial charge in [-0.05, 0) is 35.9 Å². The number of nitrogens with one attached hydrogen (secondary N) is 2. The standard InChI is InChI=1S/C25H15F4N7O/c26-21-6-14(1-2-16(21)9-32-24(37)15-3-4-22-17(5-15)10-33-35-22)18-11-34-36(13-18)19-7-20(25(27,28)29)23(8-30)31-12-19/h1-7,10-13H,9H2,(H,32,37)(H,33,35). The van der Waals surface area contributed by atoms with Gasteiger partial charge in [0.2, 0.25) is 0 Å². The maximum atomic E-state index is 14.8. The van der Waals surface area contributed by atoms with E-state index in [4.69, 9.17) is 5.26 Å². The van der Waals surface area contributed by atoms with E-state index in [0.717, 1.165) is 27.8 Å². The van der Waals surface area contributed by atoms with E-state index < -0.39 is 23.3 Å². The molecule has 0 aliphatic heterocycles. The van der Waals surface area contributed by atoms with Crippen LogP contribution in [-0.2, 0) is 12.7 Å². The first-order valence-corrected chi connectivity index (χ1v) is 10.8. The summed E-state index contributed by atoms with van der Waals surface area (Å²) in [6.45, 7) is -0.0508. The normalized spacial score (nSPS) is 11.4. The van der Waals surface area contributed by atoms with Crippen LogP contribution in [0.3, 0.4) is 0 Å². The van der Waals surface area contributed by atoms with E-state index in [-0.39, 0.29) is 23.7 Å². The first kappa shape index (κ1) is 23.7. The Balaban J connectivity index is 1.32. The number of H-pyrrole nitrogens is 1. The summed E-state index contributed by atoms with van der Waals surface area (Å²) >= 11 is 0. The second kappa shape index (κ2) is 9.19. The predicted octanol–water partition coefficient (Wildman–Crippen LogP) is 4.77. The largest absolute Gasteiger partial charge is 0.419 e. The van der Waals surface area contributed by atoms with Crippen molar-refractivity contribution in [3.63, 3.8) is 0 Å². The van der Waals surface area contributed by atoms with Gasteiger partial charge in [0.25, 0.3) is 5.91 Å². The number of carbonyl (C=O) groups excluding carboxylic acids is 1. The van der Waals surface area contributed by atoms with Crippen LogP contribution >= 0.6 is 0 Å². The second-order valence-electron chi connectivity index (χ2n) is 8.03. The van der Waals surface area contributed by atoms with Gasteiger partial charge in [-0.2, -0.15) is 28.6 Å². The van der Waals surface area contributed by atoms with Crippen molar-refractivity contribution in [1.29, 1.82) is 5.26 Å². The van der Waals surface area contributed by atoms with Gasteiger partial charge in [0.1, 0.15) is 11.9 Å². The van der Waals surface area contributed by atoms with Gasteiger partial charge in [-0.3, -0.25) is 9.89 Å². The molecule has 5 aromatic rings. The molecule has 0 atom stereocenters. The monoisotopic (exact) mass is 505 g/mol. The molecule has 0 aliphatic rings. The average Bonchev–Trinajstić information content (AvgIpc) is 3.56. The van der Waals surface area contributed by atoms with Crippen molar-refractivity contribution >= 4 is 16.8 Å². The molecule has 12 heteroatoms. The number of benzene rings is 2. The van der Waals surface area contributed by atoms with Crippen LogP contribution in [0.2, 0.25) is 0 Å². The molecule has 8 nitrogen and oxygen atoms in total. The number of fused-ring (bicyclic) bond motifs is 1. The summed E-state index contributed by atoms with van der Waals surface area (Å²) in [5.74, 6) is -0.947. The highest BCUT2D eigenvalue weighted by molar-refractivity contribution is 5.97. The topological polar surface area (TPSA) is 112 Å². The van der Waals surface area contributed by atoms with Gasteiger partial charge in [0, 0.05) is 34.8 Å². The van der Waals surface area contributed by atoms with E-state index in [2.05, 4.69) is 25.6 Å². The van der Waals surface area contributed by atoms with Crippen molar-refractivity contribution < 1.29 is 22.4 Å². The Bertz CT molecular complexity index is 1680. The highest BCUT2D eigenvalue weighted by Gasteiger charge is 2.35. The van der Waals surface area contributed by atoms with Crippen LogP contribution in [0.1, 0.15) is 27.2 Å². The molecule has 2 aromatic carbocycles. The van der Waals surface area contributed by atoms with Crippen LogP contribution in [0.15, 0.2) is 67.3 Å². The molecule has 2 N–H and O–H groups in total. The molecule has 0 spiro atoms. The van der Waals surface area contributed by atoms with Gasteiger partial charge in [-0.1, -0.05) is 12.1 Å². The van der Waals surface area contributed by atoms with Gasteiger partial charge < -0.3 is 5.32 Å². The molecule has 3 aromatic heterocycles. The molecule has 3 heterocycles. The van der Waals surface area contributed by atoms with Crippen LogP contribution in [-0.4, -0.2) is 30.9 Å². The van der Waals surface area contributed by atoms with E-state index in [1.165, 1.54) is 30.6 Å². The summed E-state index contributed by atoms with van der Waals surface area (Å²) in [7, 11) is 0. The molecule has 0 saturated heterocycles. The first-order chi connectivity index (χ1) is 17.7. The maximum absolute atomic E-state index is 14.8. The quantitative estimate of drug-likeness (QED) is 0.334. The van der Waals surface area contributed by atoms with E-state index in [0.29, 0.717) is 16.7 Å². The summed E-state index contributed by atoms with van der Waals surface area (Å²) in [5, 5.41) is 23.1. The van der Waals surface area contributed by atoms with Crippen LogP contribution in [0, 0.1) is 17.1 Å². The molecule has 0 radical (unpaired) electrons. The van der Waals surface area contributed by atoms with Crippen molar-refractivity contribution in [1.82, 2.24) is 30.3 Å². The zero-order chi connectivity index (χ0) is 26.2. The summed E-state index contributed by atoms with van der Waals surface area (Å²) in [4.78, 5) is 16.1. The third kappa shape index (κ3) is 4.74. The van der Waals surface area contributed by atoms with Gasteiger partial charge >= 0.3 is 6.18 Å². The highest BCUT2D eigenvalue weighted by Crippen LogP contribution is 2.32. The number of rotatable bonds is 5. The zero-order valence-corrected chi connectivity index (χ0v) is 18.7. The number of hydrogen-bond donors (Lipinski definition) is 2. The molecule has 0 fully saturated rings. The van der Waals surface area contributed by atoms with Crippen LogP contribution < -0.4 is 5.32 Å². The summed E-state index contributed by atoms with van der Waals surface area (Å²) in [6.07, 6.45) is 0.727. The number of alkyl halides is 3. The molecule has 37 heavy (non-hydrogen) atoms. The Morgan fingerprint density at radius 2 is 1.92 bits per heavy atom.